The summed E-state index contributed by atoms with van der Waals surface area (Å²) in [5.74, 6) is -0.237. The molecule has 0 fully saturated rings. The van der Waals surface area contributed by atoms with Crippen molar-refractivity contribution in [3.05, 3.63) is 35.4 Å². The van der Waals surface area contributed by atoms with Crippen LogP contribution in [0.1, 0.15) is 49.0 Å². The van der Waals surface area contributed by atoms with Crippen LogP contribution in [0.15, 0.2) is 24.3 Å². The molecule has 0 aliphatic rings. The number of benzene rings is 1. The first kappa shape index (κ1) is 15.7. The summed E-state index contributed by atoms with van der Waals surface area (Å²) >= 11 is 0. The Bertz CT molecular complexity index is 390. The topological polar surface area (TPSA) is 38.3 Å². The van der Waals surface area contributed by atoms with Gasteiger partial charge < -0.3 is 10.1 Å². The van der Waals surface area contributed by atoms with Gasteiger partial charge in [-0.15, -0.1) is 0 Å². The number of carbonyl (C=O) groups is 1. The third kappa shape index (κ3) is 5.88. The van der Waals surface area contributed by atoms with Crippen LogP contribution in [0.2, 0.25) is 0 Å². The number of esters is 1. The molecular formula is C16H25NO2. The van der Waals surface area contributed by atoms with Crippen LogP contribution in [0, 0.1) is 6.92 Å². The first-order valence-electron chi connectivity index (χ1n) is 7.14. The van der Waals surface area contributed by atoms with E-state index in [9.17, 15) is 4.79 Å². The Labute approximate surface area is 116 Å². The van der Waals surface area contributed by atoms with Gasteiger partial charge in [0.25, 0.3) is 0 Å². The highest BCUT2D eigenvalue weighted by Crippen LogP contribution is 2.06. The summed E-state index contributed by atoms with van der Waals surface area (Å²) in [6.07, 6.45) is 3.29. The highest BCUT2D eigenvalue weighted by molar-refractivity contribution is 5.89. The minimum absolute atomic E-state index is 0.237. The van der Waals surface area contributed by atoms with E-state index < -0.39 is 0 Å². The van der Waals surface area contributed by atoms with E-state index in [-0.39, 0.29) is 12.0 Å². The summed E-state index contributed by atoms with van der Waals surface area (Å²) in [5.41, 5.74) is 1.70. The summed E-state index contributed by atoms with van der Waals surface area (Å²) < 4.78 is 5.37. The van der Waals surface area contributed by atoms with Crippen molar-refractivity contribution >= 4 is 5.97 Å². The van der Waals surface area contributed by atoms with E-state index in [0.717, 1.165) is 24.9 Å². The third-order valence-corrected chi connectivity index (χ3v) is 3.13. The van der Waals surface area contributed by atoms with Gasteiger partial charge in [0.1, 0.15) is 6.61 Å². The van der Waals surface area contributed by atoms with Crippen molar-refractivity contribution in [3.63, 3.8) is 0 Å². The molecule has 0 aliphatic heterocycles. The molecule has 0 saturated heterocycles. The van der Waals surface area contributed by atoms with Crippen molar-refractivity contribution < 1.29 is 9.53 Å². The average Bonchev–Trinajstić information content (AvgIpc) is 2.42. The molecule has 0 aliphatic carbocycles. The quantitative estimate of drug-likeness (QED) is 0.577. The van der Waals surface area contributed by atoms with E-state index in [0.29, 0.717) is 12.2 Å². The standard InChI is InChI=1S/C16H25NO2/c1-4-6-10-17-15(5-2)12-19-16(18)14-9-7-8-13(3)11-14/h7-9,11,15,17H,4-6,10,12H2,1-3H3. The van der Waals surface area contributed by atoms with Gasteiger partial charge >= 0.3 is 5.97 Å². The van der Waals surface area contributed by atoms with Gasteiger partial charge in [0, 0.05) is 6.04 Å². The van der Waals surface area contributed by atoms with E-state index in [4.69, 9.17) is 4.74 Å². The molecule has 0 bridgehead atoms. The Morgan fingerprint density at radius 1 is 1.37 bits per heavy atom. The molecule has 1 aromatic carbocycles. The van der Waals surface area contributed by atoms with Crippen LogP contribution in [-0.4, -0.2) is 25.2 Å². The van der Waals surface area contributed by atoms with Gasteiger partial charge in [-0.3, -0.25) is 0 Å². The Morgan fingerprint density at radius 3 is 2.79 bits per heavy atom. The summed E-state index contributed by atoms with van der Waals surface area (Å²) in [7, 11) is 0. The largest absolute Gasteiger partial charge is 0.460 e. The van der Waals surface area contributed by atoms with E-state index in [1.165, 1.54) is 6.42 Å². The van der Waals surface area contributed by atoms with E-state index in [1.54, 1.807) is 6.07 Å². The summed E-state index contributed by atoms with van der Waals surface area (Å²) in [4.78, 5) is 11.9. The fourth-order valence-electron chi connectivity index (χ4n) is 1.84. The van der Waals surface area contributed by atoms with Gasteiger partial charge in [-0.05, 0) is 38.4 Å². The zero-order valence-electron chi connectivity index (χ0n) is 12.2. The SMILES string of the molecule is CCCCNC(CC)COC(=O)c1cccc(C)c1. The predicted molar refractivity (Wildman–Crippen MR) is 78.5 cm³/mol. The normalized spacial score (nSPS) is 12.2. The van der Waals surface area contributed by atoms with Gasteiger partial charge in [0.2, 0.25) is 0 Å². The van der Waals surface area contributed by atoms with Crippen LogP contribution in [-0.2, 0) is 4.74 Å². The number of ether oxygens (including phenoxy) is 1. The maximum Gasteiger partial charge on any atom is 0.338 e. The molecule has 1 aromatic rings. The molecule has 106 valence electrons. The molecule has 0 saturated carbocycles. The first-order chi connectivity index (χ1) is 9.17. The summed E-state index contributed by atoms with van der Waals surface area (Å²) in [5, 5.41) is 3.41. The van der Waals surface area contributed by atoms with Crippen LogP contribution in [0.5, 0.6) is 0 Å². The molecular weight excluding hydrogens is 238 g/mol. The predicted octanol–water partition coefficient (Wildman–Crippen LogP) is 3.32. The molecule has 19 heavy (non-hydrogen) atoms. The summed E-state index contributed by atoms with van der Waals surface area (Å²) in [6.45, 7) is 7.66. The Kier molecular flexibility index (Phi) is 7.19. The van der Waals surface area contributed by atoms with Crippen LogP contribution >= 0.6 is 0 Å². The van der Waals surface area contributed by atoms with Crippen LogP contribution in [0.4, 0.5) is 0 Å². The van der Waals surface area contributed by atoms with Gasteiger partial charge in [-0.1, -0.05) is 38.0 Å². The van der Waals surface area contributed by atoms with Crippen molar-refractivity contribution in [1.82, 2.24) is 5.32 Å². The van der Waals surface area contributed by atoms with Crippen molar-refractivity contribution in [2.24, 2.45) is 0 Å². The molecule has 0 amide bonds. The summed E-state index contributed by atoms with van der Waals surface area (Å²) in [6, 6.07) is 7.75. The van der Waals surface area contributed by atoms with E-state index in [2.05, 4.69) is 19.2 Å². The molecule has 1 N–H and O–H groups in total. The zero-order valence-corrected chi connectivity index (χ0v) is 12.2. The third-order valence-electron chi connectivity index (χ3n) is 3.13. The van der Waals surface area contributed by atoms with Gasteiger partial charge in [0.15, 0.2) is 0 Å². The number of rotatable bonds is 8. The molecule has 3 heteroatoms. The van der Waals surface area contributed by atoms with Gasteiger partial charge in [0.05, 0.1) is 5.56 Å². The Morgan fingerprint density at radius 2 is 2.16 bits per heavy atom. The van der Waals surface area contributed by atoms with Crippen LogP contribution in [0.3, 0.4) is 0 Å². The lowest BCUT2D eigenvalue weighted by molar-refractivity contribution is 0.0462. The van der Waals surface area contributed by atoms with Gasteiger partial charge in [-0.25, -0.2) is 4.79 Å². The van der Waals surface area contributed by atoms with Crippen molar-refractivity contribution in [2.75, 3.05) is 13.2 Å². The number of unbranched alkanes of at least 4 members (excludes halogenated alkanes) is 1. The van der Waals surface area contributed by atoms with E-state index >= 15 is 0 Å². The lowest BCUT2D eigenvalue weighted by Crippen LogP contribution is -2.34. The van der Waals surface area contributed by atoms with Crippen LogP contribution < -0.4 is 5.32 Å². The van der Waals surface area contributed by atoms with Crippen molar-refractivity contribution in [3.8, 4) is 0 Å². The molecule has 0 radical (unpaired) electrons. The van der Waals surface area contributed by atoms with Gasteiger partial charge in [-0.2, -0.15) is 0 Å². The minimum Gasteiger partial charge on any atom is -0.460 e. The fourth-order valence-corrected chi connectivity index (χ4v) is 1.84. The van der Waals surface area contributed by atoms with Crippen LogP contribution in [0.25, 0.3) is 0 Å². The maximum atomic E-state index is 11.9. The highest BCUT2D eigenvalue weighted by atomic mass is 16.5. The average molecular weight is 263 g/mol. The molecule has 1 unspecified atom stereocenters. The number of hydrogen-bond acceptors (Lipinski definition) is 3. The second kappa shape index (κ2) is 8.70. The first-order valence-corrected chi connectivity index (χ1v) is 7.14. The second-order valence-corrected chi connectivity index (χ2v) is 4.88. The Balaban J connectivity index is 2.39. The minimum atomic E-state index is -0.237. The molecule has 0 heterocycles. The number of aryl methyl sites for hydroxylation is 1. The number of hydrogen-bond donors (Lipinski definition) is 1. The molecule has 0 spiro atoms. The van der Waals surface area contributed by atoms with E-state index in [1.807, 2.05) is 25.1 Å². The number of carbonyl (C=O) groups excluding carboxylic acids is 1. The second-order valence-electron chi connectivity index (χ2n) is 4.88. The van der Waals surface area contributed by atoms with Crippen molar-refractivity contribution in [2.45, 2.75) is 46.1 Å². The molecule has 3 nitrogen and oxygen atoms in total. The smallest absolute Gasteiger partial charge is 0.338 e. The fraction of sp³-hybridized carbons (Fsp3) is 0.562. The lowest BCUT2D eigenvalue weighted by atomic mass is 10.1. The zero-order chi connectivity index (χ0) is 14.1. The molecule has 1 atom stereocenters. The molecule has 1 rings (SSSR count). The Hall–Kier alpha value is -1.35. The number of nitrogens with one attached hydrogen (secondary N) is 1. The maximum absolute atomic E-state index is 11.9. The highest BCUT2D eigenvalue weighted by Gasteiger charge is 2.11. The molecule has 0 aromatic heterocycles. The van der Waals surface area contributed by atoms with Crippen molar-refractivity contribution in [1.29, 1.82) is 0 Å². The monoisotopic (exact) mass is 263 g/mol. The lowest BCUT2D eigenvalue weighted by Gasteiger charge is -2.16.